The second-order valence-electron chi connectivity index (χ2n) is 7.12. The van der Waals surface area contributed by atoms with Crippen LogP contribution in [0.1, 0.15) is 39.9 Å². The molecule has 2 aliphatic heterocycles. The molecule has 7 nitrogen and oxygen atoms in total. The van der Waals surface area contributed by atoms with E-state index < -0.39 is 17.5 Å². The highest BCUT2D eigenvalue weighted by molar-refractivity contribution is 6.11. The highest BCUT2D eigenvalue weighted by Gasteiger charge is 2.51. The van der Waals surface area contributed by atoms with Crippen LogP contribution in [0.5, 0.6) is 5.75 Å². The number of nitrogens with one attached hydrogen (secondary N) is 1. The Morgan fingerprint density at radius 3 is 2.74 bits per heavy atom. The topological polar surface area (TPSA) is 88.9 Å². The molecular formula is C20H20N2O5. The van der Waals surface area contributed by atoms with Gasteiger partial charge < -0.3 is 14.5 Å². The van der Waals surface area contributed by atoms with Crippen molar-refractivity contribution >= 4 is 17.7 Å². The fourth-order valence-corrected chi connectivity index (χ4v) is 3.75. The molecule has 1 fully saturated rings. The van der Waals surface area contributed by atoms with Gasteiger partial charge in [0.25, 0.3) is 5.91 Å². The first-order chi connectivity index (χ1) is 12.8. The van der Waals surface area contributed by atoms with Gasteiger partial charge in [0.2, 0.25) is 0 Å². The average Bonchev–Trinajstić information content (AvgIpc) is 3.28. The van der Waals surface area contributed by atoms with E-state index in [0.717, 1.165) is 22.6 Å². The van der Waals surface area contributed by atoms with Crippen molar-refractivity contribution in [3.63, 3.8) is 0 Å². The van der Waals surface area contributed by atoms with Crippen LogP contribution >= 0.6 is 0 Å². The lowest BCUT2D eigenvalue weighted by Crippen LogP contribution is -2.41. The van der Waals surface area contributed by atoms with Crippen LogP contribution in [-0.2, 0) is 16.8 Å². The fourth-order valence-electron chi connectivity index (χ4n) is 3.75. The van der Waals surface area contributed by atoms with E-state index in [2.05, 4.69) is 5.32 Å². The molecule has 1 unspecified atom stereocenters. The Kier molecular flexibility index (Phi) is 3.83. The van der Waals surface area contributed by atoms with Crippen LogP contribution in [-0.4, -0.2) is 35.8 Å². The zero-order valence-electron chi connectivity index (χ0n) is 15.4. The molecule has 3 heterocycles. The number of carbonyl (C=O) groups excluding carboxylic acids is 3. The van der Waals surface area contributed by atoms with Crippen molar-refractivity contribution in [1.29, 1.82) is 0 Å². The second kappa shape index (κ2) is 5.97. The number of carbonyl (C=O) groups is 3. The molecule has 0 radical (unpaired) electrons. The van der Waals surface area contributed by atoms with Gasteiger partial charge in [-0.2, -0.15) is 0 Å². The highest BCUT2D eigenvalue weighted by Crippen LogP contribution is 2.33. The number of aryl methyl sites for hydroxylation is 2. The van der Waals surface area contributed by atoms with Crippen LogP contribution in [0.25, 0.3) is 0 Å². The predicted molar refractivity (Wildman–Crippen MR) is 95.8 cm³/mol. The Hall–Kier alpha value is -3.09. The summed E-state index contributed by atoms with van der Waals surface area (Å²) in [4.78, 5) is 39.1. The molecule has 0 aliphatic carbocycles. The number of ether oxygens (including phenoxy) is 1. The smallest absolute Gasteiger partial charge is 0.325 e. The van der Waals surface area contributed by atoms with Gasteiger partial charge in [-0.1, -0.05) is 0 Å². The van der Waals surface area contributed by atoms with Crippen molar-refractivity contribution in [3.05, 3.63) is 52.5 Å². The summed E-state index contributed by atoms with van der Waals surface area (Å²) >= 11 is 0. The summed E-state index contributed by atoms with van der Waals surface area (Å²) in [5.41, 5.74) is 0.782. The lowest BCUT2D eigenvalue weighted by Gasteiger charge is -2.21. The molecule has 27 heavy (non-hydrogen) atoms. The number of nitrogens with zero attached hydrogens (tertiary/aromatic N) is 1. The van der Waals surface area contributed by atoms with Crippen LogP contribution in [0, 0.1) is 13.8 Å². The van der Waals surface area contributed by atoms with Crippen molar-refractivity contribution < 1.29 is 23.5 Å². The largest absolute Gasteiger partial charge is 0.493 e. The van der Waals surface area contributed by atoms with E-state index in [1.807, 2.05) is 0 Å². The van der Waals surface area contributed by atoms with Gasteiger partial charge in [-0.3, -0.25) is 14.5 Å². The van der Waals surface area contributed by atoms with E-state index >= 15 is 0 Å². The summed E-state index contributed by atoms with van der Waals surface area (Å²) in [6.07, 6.45) is 0.747. The van der Waals surface area contributed by atoms with Crippen molar-refractivity contribution in [2.24, 2.45) is 0 Å². The lowest BCUT2D eigenvalue weighted by molar-refractivity contribution is -0.130. The number of ketones is 1. The number of furan rings is 1. The molecule has 1 saturated heterocycles. The normalized spacial score (nSPS) is 21.2. The maximum absolute atomic E-state index is 13.0. The Labute approximate surface area is 156 Å². The maximum Gasteiger partial charge on any atom is 0.325 e. The van der Waals surface area contributed by atoms with Crippen molar-refractivity contribution in [3.8, 4) is 5.75 Å². The quantitative estimate of drug-likeness (QED) is 0.662. The number of rotatable bonds is 4. The lowest BCUT2D eigenvalue weighted by atomic mass is 9.92. The number of hydrogen-bond acceptors (Lipinski definition) is 5. The summed E-state index contributed by atoms with van der Waals surface area (Å²) in [5.74, 6) is 1.24. The minimum Gasteiger partial charge on any atom is -0.493 e. The number of Topliss-reactive ketones (excluding diaryl/α,β-unsaturated/α-hetero) is 1. The molecule has 1 atom stereocenters. The van der Waals surface area contributed by atoms with E-state index in [4.69, 9.17) is 9.15 Å². The SMILES string of the molecule is Cc1cc(C2(C)NC(=O)N(CC(=O)c3ccc4c(c3)CCO4)C2=O)c(C)o1. The molecule has 140 valence electrons. The first-order valence-corrected chi connectivity index (χ1v) is 8.80. The van der Waals surface area contributed by atoms with Gasteiger partial charge in [-0.05, 0) is 50.6 Å². The van der Waals surface area contributed by atoms with E-state index in [9.17, 15) is 14.4 Å². The number of imide groups is 1. The molecule has 1 aromatic carbocycles. The number of hydrogen-bond donors (Lipinski definition) is 1. The van der Waals surface area contributed by atoms with Crippen molar-refractivity contribution in [1.82, 2.24) is 10.2 Å². The maximum atomic E-state index is 13.0. The minimum absolute atomic E-state index is 0.294. The molecule has 1 aromatic heterocycles. The zero-order valence-corrected chi connectivity index (χ0v) is 15.4. The second-order valence-corrected chi connectivity index (χ2v) is 7.12. The highest BCUT2D eigenvalue weighted by atomic mass is 16.5. The standard InChI is InChI=1S/C20H20N2O5/c1-11-8-15(12(2)27-11)20(3)18(24)22(19(25)21-20)10-16(23)13-4-5-17-14(9-13)6-7-26-17/h4-5,8-9H,6-7,10H2,1-3H3,(H,21,25). The van der Waals surface area contributed by atoms with Crippen LogP contribution in [0.2, 0.25) is 0 Å². The molecule has 1 N–H and O–H groups in total. The van der Waals surface area contributed by atoms with Crippen LogP contribution < -0.4 is 10.1 Å². The Balaban J connectivity index is 1.57. The number of amides is 3. The van der Waals surface area contributed by atoms with E-state index in [0.29, 0.717) is 29.3 Å². The van der Waals surface area contributed by atoms with Gasteiger partial charge in [0, 0.05) is 17.5 Å². The molecule has 0 spiro atoms. The van der Waals surface area contributed by atoms with Gasteiger partial charge in [-0.25, -0.2) is 4.79 Å². The monoisotopic (exact) mass is 368 g/mol. The molecule has 3 amide bonds. The molecule has 7 heteroatoms. The number of urea groups is 1. The Bertz CT molecular complexity index is 977. The molecule has 0 bridgehead atoms. The van der Waals surface area contributed by atoms with E-state index in [-0.39, 0.29) is 12.3 Å². The van der Waals surface area contributed by atoms with E-state index in [1.165, 1.54) is 0 Å². The summed E-state index contributed by atoms with van der Waals surface area (Å²) in [6, 6.07) is 6.33. The number of fused-ring (bicyclic) bond motifs is 1. The fraction of sp³-hybridized carbons (Fsp3) is 0.350. The predicted octanol–water partition coefficient (Wildman–Crippen LogP) is 2.48. The summed E-state index contributed by atoms with van der Waals surface area (Å²) in [6.45, 7) is 5.44. The Morgan fingerprint density at radius 2 is 2.04 bits per heavy atom. The van der Waals surface area contributed by atoms with Gasteiger partial charge in [-0.15, -0.1) is 0 Å². The number of benzene rings is 1. The van der Waals surface area contributed by atoms with Gasteiger partial charge >= 0.3 is 6.03 Å². The zero-order chi connectivity index (χ0) is 19.3. The van der Waals surface area contributed by atoms with Crippen molar-refractivity contribution in [2.45, 2.75) is 32.7 Å². The average molecular weight is 368 g/mol. The van der Waals surface area contributed by atoms with E-state index in [1.54, 1.807) is 45.0 Å². The third-order valence-electron chi connectivity index (χ3n) is 5.17. The van der Waals surface area contributed by atoms with Crippen LogP contribution in [0.15, 0.2) is 28.7 Å². The third-order valence-corrected chi connectivity index (χ3v) is 5.17. The molecule has 0 saturated carbocycles. The third kappa shape index (κ3) is 2.70. The summed E-state index contributed by atoms with van der Waals surface area (Å²) < 4.78 is 10.9. The Morgan fingerprint density at radius 1 is 1.26 bits per heavy atom. The first kappa shape index (κ1) is 17.3. The summed E-state index contributed by atoms with van der Waals surface area (Å²) in [5, 5.41) is 2.70. The minimum atomic E-state index is -1.25. The van der Waals surface area contributed by atoms with Crippen LogP contribution in [0.3, 0.4) is 0 Å². The summed E-state index contributed by atoms with van der Waals surface area (Å²) in [7, 11) is 0. The molecule has 2 aliphatic rings. The molecular weight excluding hydrogens is 348 g/mol. The van der Waals surface area contributed by atoms with Gasteiger partial charge in [0.05, 0.1) is 13.2 Å². The first-order valence-electron chi connectivity index (χ1n) is 8.80. The van der Waals surface area contributed by atoms with Gasteiger partial charge in [0.1, 0.15) is 22.8 Å². The van der Waals surface area contributed by atoms with Gasteiger partial charge in [0.15, 0.2) is 5.78 Å². The molecule has 2 aromatic rings. The molecule has 4 rings (SSSR count). The van der Waals surface area contributed by atoms with Crippen molar-refractivity contribution in [2.75, 3.05) is 13.2 Å². The van der Waals surface area contributed by atoms with Crippen LogP contribution in [0.4, 0.5) is 4.79 Å².